The molecule has 0 radical (unpaired) electrons. The normalized spacial score (nSPS) is 9.60. The molecule has 1 aromatic carbocycles. The molecule has 0 heterocycles. The van der Waals surface area contributed by atoms with Gasteiger partial charge in [-0.05, 0) is 29.7 Å². The van der Waals surface area contributed by atoms with E-state index in [9.17, 15) is 9.90 Å². The highest BCUT2D eigenvalue weighted by atomic mass is 16.4. The van der Waals surface area contributed by atoms with Crippen LogP contribution in [0.15, 0.2) is 12.1 Å². The van der Waals surface area contributed by atoms with Crippen LogP contribution >= 0.6 is 0 Å². The Hall–Kier alpha value is -2.02. The van der Waals surface area contributed by atoms with Crippen LogP contribution < -0.4 is 0 Å². The number of nitriles is 1. The van der Waals surface area contributed by atoms with Crippen LogP contribution in [0.25, 0.3) is 0 Å². The molecule has 0 saturated carbocycles. The van der Waals surface area contributed by atoms with Crippen LogP contribution in [0.2, 0.25) is 0 Å². The Morgan fingerprint density at radius 3 is 2.60 bits per heavy atom. The number of aliphatic carboxylic acids is 1. The fourth-order valence-electron chi connectivity index (χ4n) is 1.53. The Bertz CT molecular complexity index is 432. The molecule has 0 aliphatic rings. The van der Waals surface area contributed by atoms with Crippen molar-refractivity contribution in [1.82, 2.24) is 0 Å². The molecule has 0 amide bonds. The predicted molar refractivity (Wildman–Crippen MR) is 53.5 cm³/mol. The molecule has 15 heavy (non-hydrogen) atoms. The number of carbonyl (C=O) groups is 1. The van der Waals surface area contributed by atoms with E-state index in [1.54, 1.807) is 0 Å². The summed E-state index contributed by atoms with van der Waals surface area (Å²) in [7, 11) is 0. The predicted octanol–water partition coefficient (Wildman–Crippen LogP) is 1.45. The lowest BCUT2D eigenvalue weighted by atomic mass is 9.96. The van der Waals surface area contributed by atoms with Gasteiger partial charge in [0, 0.05) is 0 Å². The maximum Gasteiger partial charge on any atom is 0.307 e. The van der Waals surface area contributed by atoms with Crippen LogP contribution in [-0.2, 0) is 17.6 Å². The van der Waals surface area contributed by atoms with Crippen LogP contribution in [-0.4, -0.2) is 16.2 Å². The number of aromatic hydroxyl groups is 1. The molecule has 4 nitrogen and oxygen atoms in total. The molecule has 0 unspecified atom stereocenters. The van der Waals surface area contributed by atoms with Gasteiger partial charge in [-0.1, -0.05) is 6.92 Å². The third kappa shape index (κ3) is 2.26. The average molecular weight is 205 g/mol. The van der Waals surface area contributed by atoms with E-state index in [0.29, 0.717) is 23.1 Å². The lowest BCUT2D eigenvalue weighted by molar-refractivity contribution is -0.136. The maximum atomic E-state index is 10.6. The monoisotopic (exact) mass is 205 g/mol. The van der Waals surface area contributed by atoms with E-state index in [-0.39, 0.29) is 12.2 Å². The summed E-state index contributed by atoms with van der Waals surface area (Å²) in [6.45, 7) is 1.81. The third-order valence-corrected chi connectivity index (χ3v) is 2.21. The minimum absolute atomic E-state index is 0.0488. The Kier molecular flexibility index (Phi) is 3.29. The Labute approximate surface area is 87.4 Å². The number of hydrogen-bond acceptors (Lipinski definition) is 3. The van der Waals surface area contributed by atoms with Crippen LogP contribution in [0.1, 0.15) is 23.6 Å². The largest absolute Gasteiger partial charge is 0.508 e. The van der Waals surface area contributed by atoms with Crippen molar-refractivity contribution in [2.75, 3.05) is 0 Å². The van der Waals surface area contributed by atoms with Crippen molar-refractivity contribution < 1.29 is 15.0 Å². The van der Waals surface area contributed by atoms with E-state index in [1.807, 2.05) is 13.0 Å². The summed E-state index contributed by atoms with van der Waals surface area (Å²) in [6, 6.07) is 4.79. The van der Waals surface area contributed by atoms with E-state index < -0.39 is 5.97 Å². The molecule has 2 N–H and O–H groups in total. The molecule has 0 aliphatic carbocycles. The minimum Gasteiger partial charge on any atom is -0.508 e. The minimum atomic E-state index is -1.01. The molecule has 1 aromatic rings. The van der Waals surface area contributed by atoms with Gasteiger partial charge in [0.15, 0.2) is 0 Å². The molecule has 1 rings (SSSR count). The van der Waals surface area contributed by atoms with E-state index in [1.165, 1.54) is 12.1 Å². The summed E-state index contributed by atoms with van der Waals surface area (Å²) in [4.78, 5) is 10.6. The van der Waals surface area contributed by atoms with Gasteiger partial charge in [-0.25, -0.2) is 0 Å². The van der Waals surface area contributed by atoms with E-state index in [2.05, 4.69) is 0 Å². The molecule has 0 bridgehead atoms. The first-order valence-corrected chi connectivity index (χ1v) is 4.55. The highest BCUT2D eigenvalue weighted by molar-refractivity contribution is 5.72. The molecular formula is C11H11NO3. The van der Waals surface area contributed by atoms with E-state index >= 15 is 0 Å². The third-order valence-electron chi connectivity index (χ3n) is 2.21. The standard InChI is InChI=1S/C11H11NO3/c1-2-8-9(5-11(14)15)7(6-12)3-4-10(8)13/h3-4,13H,2,5H2,1H3,(H,14,15). The average Bonchev–Trinajstić information content (AvgIpc) is 2.18. The molecule has 78 valence electrons. The number of rotatable bonds is 3. The van der Waals surface area contributed by atoms with Gasteiger partial charge in [-0.2, -0.15) is 5.26 Å². The van der Waals surface area contributed by atoms with Gasteiger partial charge in [0.2, 0.25) is 0 Å². The maximum absolute atomic E-state index is 10.6. The van der Waals surface area contributed by atoms with Gasteiger partial charge < -0.3 is 10.2 Å². The zero-order chi connectivity index (χ0) is 11.4. The first kappa shape index (κ1) is 11.1. The summed E-state index contributed by atoms with van der Waals surface area (Å²) >= 11 is 0. The zero-order valence-electron chi connectivity index (χ0n) is 8.32. The van der Waals surface area contributed by atoms with Crippen molar-refractivity contribution in [3.05, 3.63) is 28.8 Å². The van der Waals surface area contributed by atoms with Gasteiger partial charge in [-0.15, -0.1) is 0 Å². The summed E-state index contributed by atoms with van der Waals surface area (Å²) in [5.41, 5.74) is 1.26. The van der Waals surface area contributed by atoms with Crippen LogP contribution in [0.4, 0.5) is 0 Å². The van der Waals surface area contributed by atoms with E-state index in [0.717, 1.165) is 0 Å². The lowest BCUT2D eigenvalue weighted by Crippen LogP contribution is -2.06. The fourth-order valence-corrected chi connectivity index (χ4v) is 1.53. The Morgan fingerprint density at radius 1 is 1.47 bits per heavy atom. The number of nitrogens with zero attached hydrogens (tertiary/aromatic N) is 1. The number of hydrogen-bond donors (Lipinski definition) is 2. The van der Waals surface area contributed by atoms with Crippen LogP contribution in [0, 0.1) is 11.3 Å². The van der Waals surface area contributed by atoms with Gasteiger partial charge in [0.05, 0.1) is 18.1 Å². The van der Waals surface area contributed by atoms with Gasteiger partial charge in [0.25, 0.3) is 0 Å². The number of phenols is 1. The second-order valence-electron chi connectivity index (χ2n) is 3.13. The zero-order valence-corrected chi connectivity index (χ0v) is 8.32. The fraction of sp³-hybridized carbons (Fsp3) is 0.273. The van der Waals surface area contributed by atoms with Crippen molar-refractivity contribution in [2.24, 2.45) is 0 Å². The van der Waals surface area contributed by atoms with Crippen molar-refractivity contribution in [1.29, 1.82) is 5.26 Å². The van der Waals surface area contributed by atoms with Crippen molar-refractivity contribution in [3.63, 3.8) is 0 Å². The number of carboxylic acids is 1. The second-order valence-corrected chi connectivity index (χ2v) is 3.13. The number of phenolic OH excluding ortho intramolecular Hbond substituents is 1. The summed E-state index contributed by atoms with van der Waals surface area (Å²) in [5, 5.41) is 27.0. The van der Waals surface area contributed by atoms with Crippen LogP contribution in [0.3, 0.4) is 0 Å². The number of benzene rings is 1. The molecule has 0 saturated heterocycles. The molecular weight excluding hydrogens is 194 g/mol. The molecule has 0 aliphatic heterocycles. The quantitative estimate of drug-likeness (QED) is 0.782. The topological polar surface area (TPSA) is 81.3 Å². The van der Waals surface area contributed by atoms with Crippen LogP contribution in [0.5, 0.6) is 5.75 Å². The first-order chi connectivity index (χ1) is 7.10. The Balaban J connectivity index is 3.35. The number of carboxylic acid groups (broad SMARTS) is 1. The van der Waals surface area contributed by atoms with Gasteiger partial charge >= 0.3 is 5.97 Å². The SMILES string of the molecule is CCc1c(O)ccc(C#N)c1CC(=O)O. The summed E-state index contributed by atoms with van der Waals surface area (Å²) < 4.78 is 0. The smallest absolute Gasteiger partial charge is 0.307 e. The highest BCUT2D eigenvalue weighted by Gasteiger charge is 2.14. The first-order valence-electron chi connectivity index (χ1n) is 4.55. The molecule has 4 heteroatoms. The summed E-state index contributed by atoms with van der Waals surface area (Å²) in [6.07, 6.45) is 0.268. The highest BCUT2D eigenvalue weighted by Crippen LogP contribution is 2.25. The molecule has 0 aromatic heterocycles. The van der Waals surface area contributed by atoms with E-state index in [4.69, 9.17) is 10.4 Å². The summed E-state index contributed by atoms with van der Waals surface area (Å²) in [5.74, 6) is -0.959. The van der Waals surface area contributed by atoms with Crippen molar-refractivity contribution in [2.45, 2.75) is 19.8 Å². The van der Waals surface area contributed by atoms with Gasteiger partial charge in [0.1, 0.15) is 5.75 Å². The molecule has 0 atom stereocenters. The second kappa shape index (κ2) is 4.47. The van der Waals surface area contributed by atoms with Gasteiger partial charge in [-0.3, -0.25) is 4.79 Å². The van der Waals surface area contributed by atoms with Crippen molar-refractivity contribution >= 4 is 5.97 Å². The van der Waals surface area contributed by atoms with Crippen molar-refractivity contribution in [3.8, 4) is 11.8 Å². The molecule has 0 spiro atoms. The molecule has 0 fully saturated rings. The Morgan fingerprint density at radius 2 is 2.13 bits per heavy atom. The lowest BCUT2D eigenvalue weighted by Gasteiger charge is -2.09.